The quantitative estimate of drug-likeness (QED) is 0.711. The van der Waals surface area contributed by atoms with Crippen LogP contribution in [0.25, 0.3) is 0 Å². The minimum absolute atomic E-state index is 0.0535. The number of para-hydroxylation sites is 1. The highest BCUT2D eigenvalue weighted by atomic mass is 79.9. The predicted octanol–water partition coefficient (Wildman–Crippen LogP) is 4.04. The molecule has 0 radical (unpaired) electrons. The van der Waals surface area contributed by atoms with E-state index in [4.69, 9.17) is 5.73 Å². The number of nitrogens with two attached hydrogens (primary N) is 1. The Labute approximate surface area is 138 Å². The summed E-state index contributed by atoms with van der Waals surface area (Å²) >= 11 is 6.38. The van der Waals surface area contributed by atoms with Crippen LogP contribution >= 0.6 is 31.9 Å². The standard InChI is InChI=1S/C13H11Br2FN2O2S/c1-7-3-2-4-10(16)12(7)18-21(19,20)13-9(15)5-8(14)6-11(13)17/h2-6,18H,17H2,1H3. The summed E-state index contributed by atoms with van der Waals surface area (Å²) in [6.45, 7) is 1.61. The number of rotatable bonds is 3. The van der Waals surface area contributed by atoms with E-state index in [-0.39, 0.29) is 20.7 Å². The minimum atomic E-state index is -4.02. The molecule has 0 fully saturated rings. The van der Waals surface area contributed by atoms with E-state index < -0.39 is 15.8 Å². The van der Waals surface area contributed by atoms with Gasteiger partial charge in [-0.15, -0.1) is 0 Å². The number of anilines is 2. The largest absolute Gasteiger partial charge is 0.398 e. The van der Waals surface area contributed by atoms with Crippen LogP contribution in [0, 0.1) is 12.7 Å². The van der Waals surface area contributed by atoms with Gasteiger partial charge < -0.3 is 5.73 Å². The van der Waals surface area contributed by atoms with E-state index >= 15 is 0 Å². The smallest absolute Gasteiger partial charge is 0.265 e. The minimum Gasteiger partial charge on any atom is -0.398 e. The number of benzene rings is 2. The van der Waals surface area contributed by atoms with Crippen molar-refractivity contribution in [1.29, 1.82) is 0 Å². The van der Waals surface area contributed by atoms with Gasteiger partial charge in [-0.25, -0.2) is 12.8 Å². The molecule has 0 spiro atoms. The summed E-state index contributed by atoms with van der Waals surface area (Å²) in [7, 11) is -4.02. The van der Waals surface area contributed by atoms with Crippen LogP contribution in [-0.2, 0) is 10.0 Å². The SMILES string of the molecule is Cc1cccc(F)c1NS(=O)(=O)c1c(N)cc(Br)cc1Br. The molecule has 2 aromatic rings. The summed E-state index contributed by atoms with van der Waals surface area (Å²) in [5, 5.41) is 0. The highest BCUT2D eigenvalue weighted by Crippen LogP contribution is 2.33. The van der Waals surface area contributed by atoms with Crippen molar-refractivity contribution in [1.82, 2.24) is 0 Å². The van der Waals surface area contributed by atoms with Crippen LogP contribution in [0.2, 0.25) is 0 Å². The lowest BCUT2D eigenvalue weighted by atomic mass is 10.2. The van der Waals surface area contributed by atoms with Gasteiger partial charge in [-0.05, 0) is 46.6 Å². The van der Waals surface area contributed by atoms with Gasteiger partial charge in [0, 0.05) is 8.95 Å². The van der Waals surface area contributed by atoms with Crippen LogP contribution in [0.15, 0.2) is 44.2 Å². The second kappa shape index (κ2) is 5.94. The van der Waals surface area contributed by atoms with Gasteiger partial charge in [-0.1, -0.05) is 28.1 Å². The normalized spacial score (nSPS) is 11.4. The summed E-state index contributed by atoms with van der Waals surface area (Å²) < 4.78 is 41.9. The first kappa shape index (κ1) is 16.3. The molecule has 0 saturated heterocycles. The third-order valence-corrected chi connectivity index (χ3v) is 5.58. The van der Waals surface area contributed by atoms with Crippen molar-refractivity contribution in [3.63, 3.8) is 0 Å². The first-order chi connectivity index (χ1) is 9.72. The Morgan fingerprint density at radius 2 is 1.90 bits per heavy atom. The lowest BCUT2D eigenvalue weighted by Crippen LogP contribution is -2.17. The van der Waals surface area contributed by atoms with Crippen molar-refractivity contribution < 1.29 is 12.8 Å². The Kier molecular flexibility index (Phi) is 4.60. The first-order valence-electron chi connectivity index (χ1n) is 5.75. The molecule has 8 heteroatoms. The molecule has 0 aliphatic rings. The molecule has 0 unspecified atom stereocenters. The molecule has 112 valence electrons. The third kappa shape index (κ3) is 3.38. The van der Waals surface area contributed by atoms with Gasteiger partial charge in [0.15, 0.2) is 0 Å². The lowest BCUT2D eigenvalue weighted by molar-refractivity contribution is 0.598. The number of nitrogens with one attached hydrogen (secondary N) is 1. The maximum Gasteiger partial charge on any atom is 0.265 e. The Morgan fingerprint density at radius 3 is 2.48 bits per heavy atom. The van der Waals surface area contributed by atoms with Crippen molar-refractivity contribution >= 4 is 53.3 Å². The monoisotopic (exact) mass is 436 g/mol. The molecule has 2 aromatic carbocycles. The molecule has 0 aliphatic carbocycles. The highest BCUT2D eigenvalue weighted by molar-refractivity contribution is 9.11. The summed E-state index contributed by atoms with van der Waals surface area (Å²) in [5.41, 5.74) is 6.20. The topological polar surface area (TPSA) is 72.2 Å². The van der Waals surface area contributed by atoms with Gasteiger partial charge in [0.05, 0.1) is 11.4 Å². The zero-order valence-corrected chi connectivity index (χ0v) is 14.8. The molecule has 2 rings (SSSR count). The molecule has 0 aromatic heterocycles. The van der Waals surface area contributed by atoms with Gasteiger partial charge >= 0.3 is 0 Å². The number of sulfonamides is 1. The Balaban J connectivity index is 2.54. The molecule has 0 aliphatic heterocycles. The van der Waals surface area contributed by atoms with E-state index in [9.17, 15) is 12.8 Å². The number of halogens is 3. The highest BCUT2D eigenvalue weighted by Gasteiger charge is 2.23. The second-order valence-corrected chi connectivity index (χ2v) is 7.73. The number of aryl methyl sites for hydroxylation is 1. The predicted molar refractivity (Wildman–Crippen MR) is 88.2 cm³/mol. The van der Waals surface area contributed by atoms with Crippen LogP contribution in [-0.4, -0.2) is 8.42 Å². The van der Waals surface area contributed by atoms with Gasteiger partial charge in [-0.2, -0.15) is 0 Å². The number of hydrogen-bond acceptors (Lipinski definition) is 3. The van der Waals surface area contributed by atoms with Crippen molar-refractivity contribution in [2.75, 3.05) is 10.5 Å². The van der Waals surface area contributed by atoms with Crippen LogP contribution < -0.4 is 10.5 Å². The zero-order chi connectivity index (χ0) is 15.8. The number of nitrogen functional groups attached to an aromatic ring is 1. The van der Waals surface area contributed by atoms with E-state index in [0.29, 0.717) is 10.0 Å². The third-order valence-electron chi connectivity index (χ3n) is 2.76. The Hall–Kier alpha value is -1.12. The average Bonchev–Trinajstić information content (AvgIpc) is 2.32. The van der Waals surface area contributed by atoms with E-state index in [1.807, 2.05) is 0 Å². The Morgan fingerprint density at radius 1 is 1.24 bits per heavy atom. The van der Waals surface area contributed by atoms with Crippen LogP contribution in [0.5, 0.6) is 0 Å². The van der Waals surface area contributed by atoms with E-state index in [1.165, 1.54) is 18.2 Å². The molecule has 0 saturated carbocycles. The van der Waals surface area contributed by atoms with Crippen molar-refractivity contribution in [2.45, 2.75) is 11.8 Å². The maximum absolute atomic E-state index is 13.8. The van der Waals surface area contributed by atoms with Crippen molar-refractivity contribution in [2.24, 2.45) is 0 Å². The van der Waals surface area contributed by atoms with Gasteiger partial charge in [-0.3, -0.25) is 4.72 Å². The molecule has 3 N–H and O–H groups in total. The van der Waals surface area contributed by atoms with Crippen LogP contribution in [0.1, 0.15) is 5.56 Å². The first-order valence-corrected chi connectivity index (χ1v) is 8.82. The molecule has 21 heavy (non-hydrogen) atoms. The van der Waals surface area contributed by atoms with Gasteiger partial charge in [0.1, 0.15) is 10.7 Å². The fourth-order valence-electron chi connectivity index (χ4n) is 1.81. The van der Waals surface area contributed by atoms with Crippen LogP contribution in [0.3, 0.4) is 0 Å². The molecular weight excluding hydrogens is 427 g/mol. The van der Waals surface area contributed by atoms with E-state index in [2.05, 4.69) is 36.6 Å². The Bertz CT molecular complexity index is 767. The second-order valence-electron chi connectivity index (χ2n) is 4.34. The fraction of sp³-hybridized carbons (Fsp3) is 0.0769. The zero-order valence-electron chi connectivity index (χ0n) is 10.8. The van der Waals surface area contributed by atoms with Crippen molar-refractivity contribution in [3.8, 4) is 0 Å². The van der Waals surface area contributed by atoms with E-state index in [1.54, 1.807) is 19.1 Å². The summed E-state index contributed by atoms with van der Waals surface area (Å²) in [4.78, 5) is -0.131. The van der Waals surface area contributed by atoms with E-state index in [0.717, 1.165) is 0 Å². The molecule has 0 bridgehead atoms. The lowest BCUT2D eigenvalue weighted by Gasteiger charge is -2.14. The molecule has 0 atom stereocenters. The fourth-order valence-corrected chi connectivity index (χ4v) is 5.02. The van der Waals surface area contributed by atoms with Gasteiger partial charge in [0.2, 0.25) is 0 Å². The molecular formula is C13H11Br2FN2O2S. The average molecular weight is 438 g/mol. The van der Waals surface area contributed by atoms with Gasteiger partial charge in [0.25, 0.3) is 10.0 Å². The molecule has 0 amide bonds. The molecule has 4 nitrogen and oxygen atoms in total. The maximum atomic E-state index is 13.8. The summed E-state index contributed by atoms with van der Waals surface area (Å²) in [6.07, 6.45) is 0. The number of hydrogen-bond donors (Lipinski definition) is 2. The summed E-state index contributed by atoms with van der Waals surface area (Å²) in [6, 6.07) is 7.32. The molecule has 0 heterocycles. The van der Waals surface area contributed by atoms with Crippen molar-refractivity contribution in [3.05, 3.63) is 50.7 Å². The van der Waals surface area contributed by atoms with Crippen LogP contribution in [0.4, 0.5) is 15.8 Å². The summed E-state index contributed by atoms with van der Waals surface area (Å²) in [5.74, 6) is -0.648.